The third kappa shape index (κ3) is 3.70. The molecule has 1 aliphatic rings. The topological polar surface area (TPSA) is 61.4 Å². The Balaban J connectivity index is 1.95. The molecule has 1 aromatic carbocycles. The Bertz CT molecular complexity index is 446. The van der Waals surface area contributed by atoms with Gasteiger partial charge in [-0.05, 0) is 43.0 Å². The predicted molar refractivity (Wildman–Crippen MR) is 76.5 cm³/mol. The molecule has 1 unspecified atom stereocenters. The van der Waals surface area contributed by atoms with Crippen LogP contribution in [0.15, 0.2) is 18.2 Å². The van der Waals surface area contributed by atoms with Gasteiger partial charge in [0.15, 0.2) is 0 Å². The van der Waals surface area contributed by atoms with Crippen molar-refractivity contribution in [2.24, 2.45) is 0 Å². The lowest BCUT2D eigenvalue weighted by molar-refractivity contribution is 0.0910. The van der Waals surface area contributed by atoms with Crippen LogP contribution in [0.2, 0.25) is 0 Å². The molecule has 19 heavy (non-hydrogen) atoms. The van der Waals surface area contributed by atoms with E-state index in [2.05, 4.69) is 10.6 Å². The number of benzene rings is 1. The highest BCUT2D eigenvalue weighted by Crippen LogP contribution is 2.22. The number of amides is 1. The second kappa shape index (κ2) is 6.57. The first-order valence-electron chi connectivity index (χ1n) is 7.03. The maximum Gasteiger partial charge on any atom is 0.251 e. The molecule has 3 N–H and O–H groups in total. The van der Waals surface area contributed by atoms with Gasteiger partial charge in [0.25, 0.3) is 5.91 Å². The van der Waals surface area contributed by atoms with Crippen molar-refractivity contribution in [2.75, 3.05) is 18.4 Å². The SMILES string of the molecule is CCCC(O)CNC(=O)c1ccc2c(c1)CCCN2. The van der Waals surface area contributed by atoms with Gasteiger partial charge in [0, 0.05) is 24.3 Å². The van der Waals surface area contributed by atoms with E-state index in [1.807, 2.05) is 25.1 Å². The van der Waals surface area contributed by atoms with Gasteiger partial charge in [0.2, 0.25) is 0 Å². The van der Waals surface area contributed by atoms with Gasteiger partial charge in [-0.1, -0.05) is 13.3 Å². The Kier molecular flexibility index (Phi) is 4.80. The molecule has 104 valence electrons. The summed E-state index contributed by atoms with van der Waals surface area (Å²) in [6.07, 6.45) is 3.30. The number of fused-ring (bicyclic) bond motifs is 1. The summed E-state index contributed by atoms with van der Waals surface area (Å²) in [5, 5.41) is 15.7. The van der Waals surface area contributed by atoms with Crippen molar-refractivity contribution >= 4 is 11.6 Å². The Morgan fingerprint density at radius 2 is 2.37 bits per heavy atom. The first kappa shape index (κ1) is 13.9. The van der Waals surface area contributed by atoms with Crippen LogP contribution in [-0.4, -0.2) is 30.2 Å². The quantitative estimate of drug-likeness (QED) is 0.760. The zero-order valence-corrected chi connectivity index (χ0v) is 11.4. The molecule has 0 saturated heterocycles. The molecule has 4 nitrogen and oxygen atoms in total. The van der Waals surface area contributed by atoms with Crippen molar-refractivity contribution in [3.05, 3.63) is 29.3 Å². The average molecular weight is 262 g/mol. The maximum absolute atomic E-state index is 12.0. The lowest BCUT2D eigenvalue weighted by atomic mass is 10.0. The fraction of sp³-hybridized carbons (Fsp3) is 0.533. The number of carbonyl (C=O) groups excluding carboxylic acids is 1. The molecular weight excluding hydrogens is 240 g/mol. The van der Waals surface area contributed by atoms with E-state index in [-0.39, 0.29) is 5.91 Å². The average Bonchev–Trinajstić information content (AvgIpc) is 2.44. The van der Waals surface area contributed by atoms with Gasteiger partial charge in [0.1, 0.15) is 0 Å². The number of hydrogen-bond acceptors (Lipinski definition) is 3. The zero-order valence-electron chi connectivity index (χ0n) is 11.4. The molecule has 0 bridgehead atoms. The second-order valence-electron chi connectivity index (χ2n) is 5.05. The van der Waals surface area contributed by atoms with Gasteiger partial charge in [0.05, 0.1) is 6.10 Å². The molecule has 0 aromatic heterocycles. The smallest absolute Gasteiger partial charge is 0.251 e. The Labute approximate surface area is 114 Å². The standard InChI is InChI=1S/C15H22N2O2/c1-2-4-13(18)10-17-15(19)12-6-7-14-11(9-12)5-3-8-16-14/h6-7,9,13,16,18H,2-5,8,10H2,1H3,(H,17,19). The van der Waals surface area contributed by atoms with Crippen molar-refractivity contribution < 1.29 is 9.90 Å². The number of aliphatic hydroxyl groups is 1. The highest BCUT2D eigenvalue weighted by molar-refractivity contribution is 5.95. The lowest BCUT2D eigenvalue weighted by Crippen LogP contribution is -2.32. The molecule has 0 spiro atoms. The molecule has 4 heteroatoms. The van der Waals surface area contributed by atoms with Crippen molar-refractivity contribution in [1.82, 2.24) is 5.32 Å². The summed E-state index contributed by atoms with van der Waals surface area (Å²) >= 11 is 0. The van der Waals surface area contributed by atoms with Gasteiger partial charge in [-0.3, -0.25) is 4.79 Å². The molecule has 0 fully saturated rings. The monoisotopic (exact) mass is 262 g/mol. The minimum absolute atomic E-state index is 0.108. The Morgan fingerprint density at radius 3 is 3.16 bits per heavy atom. The third-order valence-corrected chi connectivity index (χ3v) is 3.43. The molecule has 1 amide bonds. The number of anilines is 1. The predicted octanol–water partition coefficient (Wildman–Crippen LogP) is 1.94. The highest BCUT2D eigenvalue weighted by Gasteiger charge is 2.13. The van der Waals surface area contributed by atoms with Crippen LogP contribution in [0, 0.1) is 0 Å². The number of rotatable bonds is 5. The van der Waals surface area contributed by atoms with E-state index in [9.17, 15) is 9.90 Å². The van der Waals surface area contributed by atoms with E-state index >= 15 is 0 Å². The summed E-state index contributed by atoms with van der Waals surface area (Å²) in [5.74, 6) is -0.108. The van der Waals surface area contributed by atoms with Gasteiger partial charge in [-0.25, -0.2) is 0 Å². The number of nitrogens with one attached hydrogen (secondary N) is 2. The van der Waals surface area contributed by atoms with Crippen molar-refractivity contribution in [3.8, 4) is 0 Å². The van der Waals surface area contributed by atoms with Crippen LogP contribution in [0.3, 0.4) is 0 Å². The molecule has 0 radical (unpaired) electrons. The highest BCUT2D eigenvalue weighted by atomic mass is 16.3. The number of carbonyl (C=O) groups is 1. The molecule has 1 aromatic rings. The largest absolute Gasteiger partial charge is 0.391 e. The van der Waals surface area contributed by atoms with Crippen LogP contribution in [0.25, 0.3) is 0 Å². The zero-order chi connectivity index (χ0) is 13.7. The summed E-state index contributed by atoms with van der Waals surface area (Å²) in [6.45, 7) is 3.34. The summed E-state index contributed by atoms with van der Waals surface area (Å²) in [7, 11) is 0. The third-order valence-electron chi connectivity index (χ3n) is 3.43. The van der Waals surface area contributed by atoms with Gasteiger partial charge in [-0.2, -0.15) is 0 Å². The Morgan fingerprint density at radius 1 is 1.53 bits per heavy atom. The first-order chi connectivity index (χ1) is 9.20. The maximum atomic E-state index is 12.0. The van der Waals surface area contributed by atoms with Gasteiger partial charge < -0.3 is 15.7 Å². The fourth-order valence-corrected chi connectivity index (χ4v) is 2.36. The minimum Gasteiger partial charge on any atom is -0.391 e. The van der Waals surface area contributed by atoms with E-state index in [0.29, 0.717) is 18.5 Å². The number of aliphatic hydroxyl groups excluding tert-OH is 1. The van der Waals surface area contributed by atoms with Crippen LogP contribution in [-0.2, 0) is 6.42 Å². The molecule has 1 atom stereocenters. The summed E-state index contributed by atoms with van der Waals surface area (Å²) < 4.78 is 0. The van der Waals surface area contributed by atoms with E-state index in [1.165, 1.54) is 5.56 Å². The van der Waals surface area contributed by atoms with Gasteiger partial charge >= 0.3 is 0 Å². The van der Waals surface area contributed by atoms with Crippen LogP contribution in [0.1, 0.15) is 42.1 Å². The summed E-state index contributed by atoms with van der Waals surface area (Å²) in [4.78, 5) is 12.0. The lowest BCUT2D eigenvalue weighted by Gasteiger charge is -2.18. The minimum atomic E-state index is -0.451. The van der Waals surface area contributed by atoms with Crippen LogP contribution in [0.5, 0.6) is 0 Å². The molecule has 2 rings (SSSR count). The number of hydrogen-bond donors (Lipinski definition) is 3. The van der Waals surface area contributed by atoms with Crippen molar-refractivity contribution in [3.63, 3.8) is 0 Å². The van der Waals surface area contributed by atoms with E-state index in [4.69, 9.17) is 0 Å². The van der Waals surface area contributed by atoms with E-state index < -0.39 is 6.10 Å². The molecule has 1 heterocycles. The fourth-order valence-electron chi connectivity index (χ4n) is 2.36. The Hall–Kier alpha value is -1.55. The first-order valence-corrected chi connectivity index (χ1v) is 7.03. The van der Waals surface area contributed by atoms with E-state index in [0.717, 1.165) is 31.5 Å². The molecule has 0 saturated carbocycles. The van der Waals surface area contributed by atoms with Crippen LogP contribution in [0.4, 0.5) is 5.69 Å². The summed E-state index contributed by atoms with van der Waals surface area (Å²) in [6, 6.07) is 5.74. The van der Waals surface area contributed by atoms with Crippen molar-refractivity contribution in [2.45, 2.75) is 38.7 Å². The van der Waals surface area contributed by atoms with Crippen molar-refractivity contribution in [1.29, 1.82) is 0 Å². The number of aryl methyl sites for hydroxylation is 1. The normalized spacial score (nSPS) is 15.3. The van der Waals surface area contributed by atoms with Crippen LogP contribution >= 0.6 is 0 Å². The van der Waals surface area contributed by atoms with Gasteiger partial charge in [-0.15, -0.1) is 0 Å². The van der Waals surface area contributed by atoms with E-state index in [1.54, 1.807) is 0 Å². The molecular formula is C15H22N2O2. The molecule has 0 aliphatic carbocycles. The molecule has 1 aliphatic heterocycles. The van der Waals surface area contributed by atoms with Crippen LogP contribution < -0.4 is 10.6 Å². The summed E-state index contributed by atoms with van der Waals surface area (Å²) in [5.41, 5.74) is 3.01. The second-order valence-corrected chi connectivity index (χ2v) is 5.05.